The Balaban J connectivity index is 1.36. The molecule has 3 aromatic heterocycles. The van der Waals surface area contributed by atoms with E-state index in [-0.39, 0.29) is 29.4 Å². The summed E-state index contributed by atoms with van der Waals surface area (Å²) in [5.74, 6) is -0.00573. The molecule has 5 rings (SSSR count). The third kappa shape index (κ3) is 6.17. The Morgan fingerprint density at radius 1 is 1.05 bits per heavy atom. The van der Waals surface area contributed by atoms with Crippen molar-refractivity contribution in [2.24, 2.45) is 0 Å². The van der Waals surface area contributed by atoms with Gasteiger partial charge in [-0.25, -0.2) is 9.78 Å². The van der Waals surface area contributed by atoms with Gasteiger partial charge in [-0.2, -0.15) is 14.9 Å². The lowest BCUT2D eigenvalue weighted by Crippen LogP contribution is -2.42. The number of piperidine rings is 1. The first-order chi connectivity index (χ1) is 20.0. The normalized spacial score (nSPS) is 14.0. The Bertz CT molecular complexity index is 1680. The minimum Gasteiger partial charge on any atom is -0.444 e. The predicted octanol–water partition coefficient (Wildman–Crippen LogP) is 3.67. The SMILES string of the molecule is CNC(=O)c1cccc(-n2nc(-c3cc(-c4cnn(C5CCN(C(=O)OC(C)(C)C)CC5)c4)cnc3N)ccc2=O)c1. The molecule has 1 aliphatic rings. The molecular formula is C30H34N8O4. The number of ether oxygens (including phenoxy) is 1. The molecule has 0 bridgehead atoms. The van der Waals surface area contributed by atoms with Crippen LogP contribution in [-0.2, 0) is 4.74 Å². The van der Waals surface area contributed by atoms with Gasteiger partial charge >= 0.3 is 6.09 Å². The Hall–Kier alpha value is -5.00. The molecule has 0 radical (unpaired) electrons. The molecule has 12 heteroatoms. The second kappa shape index (κ2) is 11.5. The molecule has 42 heavy (non-hydrogen) atoms. The second-order valence-corrected chi connectivity index (χ2v) is 11.2. The van der Waals surface area contributed by atoms with E-state index in [9.17, 15) is 14.4 Å². The first kappa shape index (κ1) is 28.5. The Morgan fingerprint density at radius 2 is 1.81 bits per heavy atom. The number of benzene rings is 1. The summed E-state index contributed by atoms with van der Waals surface area (Å²) in [5, 5.41) is 11.7. The third-order valence-corrected chi connectivity index (χ3v) is 7.00. The average Bonchev–Trinajstić information content (AvgIpc) is 3.47. The van der Waals surface area contributed by atoms with Crippen molar-refractivity contribution in [1.29, 1.82) is 0 Å². The van der Waals surface area contributed by atoms with Crippen LogP contribution in [0.15, 0.2) is 65.8 Å². The highest BCUT2D eigenvalue weighted by Crippen LogP contribution is 2.30. The standard InChI is InChI=1S/C30H34N8O4/c1-30(2,3)42-29(41)36-12-10-22(11-13-36)37-18-21(17-34-37)20-15-24(27(31)33-16-20)25-8-9-26(39)38(35-25)23-7-5-6-19(14-23)28(40)32-4/h5-9,14-18,22H,10-13H2,1-4H3,(H2,31,33)(H,32,40). The lowest BCUT2D eigenvalue weighted by atomic mass is 10.0. The molecule has 0 unspecified atom stereocenters. The van der Waals surface area contributed by atoms with Gasteiger partial charge in [0.25, 0.3) is 11.5 Å². The van der Waals surface area contributed by atoms with Crippen molar-refractivity contribution in [2.45, 2.75) is 45.3 Å². The molecule has 218 valence electrons. The van der Waals surface area contributed by atoms with E-state index in [0.717, 1.165) is 24.0 Å². The fraction of sp³-hybridized carbons (Fsp3) is 0.333. The van der Waals surface area contributed by atoms with Gasteiger partial charge in [0.1, 0.15) is 11.4 Å². The summed E-state index contributed by atoms with van der Waals surface area (Å²) >= 11 is 0. The van der Waals surface area contributed by atoms with Gasteiger partial charge in [0.05, 0.1) is 23.6 Å². The number of anilines is 1. The number of nitrogens with two attached hydrogens (primary N) is 1. The number of hydrogen-bond acceptors (Lipinski definition) is 8. The third-order valence-electron chi connectivity index (χ3n) is 7.00. The van der Waals surface area contributed by atoms with E-state index in [1.165, 1.54) is 10.7 Å². The van der Waals surface area contributed by atoms with Crippen molar-refractivity contribution in [2.75, 3.05) is 25.9 Å². The molecule has 4 aromatic rings. The monoisotopic (exact) mass is 570 g/mol. The fourth-order valence-electron chi connectivity index (χ4n) is 4.83. The molecule has 3 N–H and O–H groups in total. The predicted molar refractivity (Wildman–Crippen MR) is 158 cm³/mol. The van der Waals surface area contributed by atoms with Gasteiger partial charge in [-0.15, -0.1) is 0 Å². The molecule has 2 amide bonds. The van der Waals surface area contributed by atoms with Gasteiger partial charge in [0.2, 0.25) is 0 Å². The summed E-state index contributed by atoms with van der Waals surface area (Å²) in [6.45, 7) is 6.77. The minimum atomic E-state index is -0.526. The van der Waals surface area contributed by atoms with Crippen LogP contribution in [0.3, 0.4) is 0 Å². The number of rotatable bonds is 5. The lowest BCUT2D eigenvalue weighted by Gasteiger charge is -2.33. The molecule has 1 fully saturated rings. The number of hydrogen-bond donors (Lipinski definition) is 2. The van der Waals surface area contributed by atoms with Crippen LogP contribution in [0.5, 0.6) is 0 Å². The molecule has 12 nitrogen and oxygen atoms in total. The average molecular weight is 571 g/mol. The fourth-order valence-corrected chi connectivity index (χ4v) is 4.83. The number of nitrogens with one attached hydrogen (secondary N) is 1. The summed E-state index contributed by atoms with van der Waals surface area (Å²) in [6.07, 6.45) is 6.64. The van der Waals surface area contributed by atoms with Crippen LogP contribution in [0.25, 0.3) is 28.1 Å². The smallest absolute Gasteiger partial charge is 0.410 e. The Kier molecular flexibility index (Phi) is 7.79. The maximum Gasteiger partial charge on any atom is 0.410 e. The van der Waals surface area contributed by atoms with Crippen LogP contribution in [0.2, 0.25) is 0 Å². The summed E-state index contributed by atoms with van der Waals surface area (Å²) < 4.78 is 8.66. The van der Waals surface area contributed by atoms with Gasteiger partial charge in [-0.1, -0.05) is 6.07 Å². The molecular weight excluding hydrogens is 536 g/mol. The van der Waals surface area contributed by atoms with E-state index in [2.05, 4.69) is 20.5 Å². The van der Waals surface area contributed by atoms with Gasteiger partial charge in [-0.05, 0) is 63.9 Å². The maximum absolute atomic E-state index is 12.7. The number of amides is 2. The zero-order valence-electron chi connectivity index (χ0n) is 24.1. The Morgan fingerprint density at radius 3 is 2.52 bits per heavy atom. The van der Waals surface area contributed by atoms with Crippen molar-refractivity contribution in [3.05, 3.63) is 77.0 Å². The number of aromatic nitrogens is 5. The topological polar surface area (TPSA) is 150 Å². The highest BCUT2D eigenvalue weighted by Gasteiger charge is 2.28. The first-order valence-corrected chi connectivity index (χ1v) is 13.7. The zero-order chi connectivity index (χ0) is 30.0. The number of likely N-dealkylation sites (tertiary alicyclic amines) is 1. The van der Waals surface area contributed by atoms with Crippen molar-refractivity contribution < 1.29 is 14.3 Å². The lowest BCUT2D eigenvalue weighted by molar-refractivity contribution is 0.0184. The molecule has 4 heterocycles. The van der Waals surface area contributed by atoms with Crippen LogP contribution in [-0.4, -0.2) is 67.2 Å². The van der Waals surface area contributed by atoms with Crippen molar-refractivity contribution in [3.63, 3.8) is 0 Å². The highest BCUT2D eigenvalue weighted by molar-refractivity contribution is 5.94. The van der Waals surface area contributed by atoms with Crippen LogP contribution in [0, 0.1) is 0 Å². The van der Waals surface area contributed by atoms with Crippen LogP contribution >= 0.6 is 0 Å². The number of carbonyl (C=O) groups excluding carboxylic acids is 2. The molecule has 0 spiro atoms. The molecule has 0 atom stereocenters. The Labute approximate surface area is 243 Å². The number of pyridine rings is 1. The van der Waals surface area contributed by atoms with Crippen LogP contribution < -0.4 is 16.6 Å². The van der Waals surface area contributed by atoms with Gasteiger partial charge < -0.3 is 20.7 Å². The zero-order valence-corrected chi connectivity index (χ0v) is 24.1. The number of nitrogens with zero attached hydrogens (tertiary/aromatic N) is 6. The molecule has 0 aliphatic carbocycles. The summed E-state index contributed by atoms with van der Waals surface area (Å²) in [5.41, 5.74) is 8.88. The van der Waals surface area contributed by atoms with E-state index >= 15 is 0 Å². The number of carbonyl (C=O) groups is 2. The van der Waals surface area contributed by atoms with E-state index in [1.54, 1.807) is 54.7 Å². The first-order valence-electron chi connectivity index (χ1n) is 13.7. The van der Waals surface area contributed by atoms with E-state index in [1.807, 2.05) is 37.7 Å². The largest absolute Gasteiger partial charge is 0.444 e. The van der Waals surface area contributed by atoms with E-state index in [4.69, 9.17) is 10.5 Å². The molecule has 0 saturated carbocycles. The highest BCUT2D eigenvalue weighted by atomic mass is 16.6. The van der Waals surface area contributed by atoms with Crippen molar-refractivity contribution in [1.82, 2.24) is 34.8 Å². The van der Waals surface area contributed by atoms with Crippen LogP contribution in [0.4, 0.5) is 10.6 Å². The van der Waals surface area contributed by atoms with Crippen molar-refractivity contribution in [3.8, 4) is 28.1 Å². The molecule has 1 aromatic carbocycles. The van der Waals surface area contributed by atoms with E-state index in [0.29, 0.717) is 35.6 Å². The summed E-state index contributed by atoms with van der Waals surface area (Å²) in [4.78, 5) is 43.4. The van der Waals surface area contributed by atoms with Gasteiger partial charge in [0, 0.05) is 60.9 Å². The quantitative estimate of drug-likeness (QED) is 0.369. The summed E-state index contributed by atoms with van der Waals surface area (Å²) in [6, 6.07) is 11.7. The second-order valence-electron chi connectivity index (χ2n) is 11.2. The van der Waals surface area contributed by atoms with E-state index < -0.39 is 5.60 Å². The van der Waals surface area contributed by atoms with Crippen LogP contribution in [0.1, 0.15) is 50.0 Å². The van der Waals surface area contributed by atoms with Gasteiger partial charge in [-0.3, -0.25) is 14.3 Å². The molecule has 1 saturated heterocycles. The number of nitrogen functional groups attached to an aromatic ring is 1. The molecule has 1 aliphatic heterocycles. The van der Waals surface area contributed by atoms with Crippen molar-refractivity contribution >= 4 is 17.8 Å². The summed E-state index contributed by atoms with van der Waals surface area (Å²) in [7, 11) is 1.54. The minimum absolute atomic E-state index is 0.148. The van der Waals surface area contributed by atoms with Gasteiger partial charge in [0.15, 0.2) is 0 Å². The maximum atomic E-state index is 12.7.